The predicted molar refractivity (Wildman–Crippen MR) is 92.0 cm³/mol. The van der Waals surface area contributed by atoms with Gasteiger partial charge in [0.1, 0.15) is 5.82 Å². The van der Waals surface area contributed by atoms with E-state index < -0.39 is 0 Å². The van der Waals surface area contributed by atoms with Gasteiger partial charge in [-0.2, -0.15) is 0 Å². The number of anilines is 1. The summed E-state index contributed by atoms with van der Waals surface area (Å²) in [6, 6.07) is 5.31. The summed E-state index contributed by atoms with van der Waals surface area (Å²) in [6.07, 6.45) is 0. The van der Waals surface area contributed by atoms with Crippen LogP contribution in [0.2, 0.25) is 0 Å². The molecule has 0 aliphatic rings. The number of nitrogens with zero attached hydrogens (tertiary/aromatic N) is 3. The summed E-state index contributed by atoms with van der Waals surface area (Å²) < 4.78 is 0. The second kappa shape index (κ2) is 8.35. The Morgan fingerprint density at radius 1 is 1.19 bits per heavy atom. The van der Waals surface area contributed by atoms with Crippen LogP contribution in [0.1, 0.15) is 39.0 Å². The lowest BCUT2D eigenvalue weighted by molar-refractivity contribution is 0.372. The summed E-state index contributed by atoms with van der Waals surface area (Å²) in [5.41, 5.74) is 2.40. The molecule has 1 N–H and O–H groups in total. The van der Waals surface area contributed by atoms with Gasteiger partial charge in [0, 0.05) is 37.4 Å². The van der Waals surface area contributed by atoms with Crippen molar-refractivity contribution in [1.82, 2.24) is 15.2 Å². The summed E-state index contributed by atoms with van der Waals surface area (Å²) in [6.45, 7) is 13.8. The van der Waals surface area contributed by atoms with E-state index in [-0.39, 0.29) is 0 Å². The van der Waals surface area contributed by atoms with Crippen LogP contribution in [0.3, 0.4) is 0 Å². The lowest BCUT2D eigenvalue weighted by Crippen LogP contribution is -2.40. The Morgan fingerprint density at radius 2 is 1.86 bits per heavy atom. The third-order valence-corrected chi connectivity index (χ3v) is 3.68. The third kappa shape index (κ3) is 5.64. The van der Waals surface area contributed by atoms with Crippen molar-refractivity contribution in [1.29, 1.82) is 0 Å². The second-order valence-electron chi connectivity index (χ2n) is 6.35. The van der Waals surface area contributed by atoms with Gasteiger partial charge in [0.2, 0.25) is 0 Å². The number of aryl methyl sites for hydroxylation is 1. The normalized spacial score (nSPS) is 13.0. The highest BCUT2D eigenvalue weighted by molar-refractivity contribution is 5.42. The smallest absolute Gasteiger partial charge is 0.129 e. The van der Waals surface area contributed by atoms with Crippen LogP contribution in [-0.4, -0.2) is 49.2 Å². The Bertz CT molecular complexity index is 429. The van der Waals surface area contributed by atoms with E-state index in [0.717, 1.165) is 31.1 Å². The van der Waals surface area contributed by atoms with Crippen LogP contribution in [0.15, 0.2) is 12.1 Å². The minimum atomic E-state index is 0.455. The average Bonchev–Trinajstić information content (AvgIpc) is 2.37. The molecular formula is C17H32N4. The third-order valence-electron chi connectivity index (χ3n) is 3.68. The topological polar surface area (TPSA) is 31.4 Å². The Kier molecular flexibility index (Phi) is 7.12. The van der Waals surface area contributed by atoms with Gasteiger partial charge in [-0.05, 0) is 46.5 Å². The average molecular weight is 292 g/mol. The van der Waals surface area contributed by atoms with Gasteiger partial charge in [-0.25, -0.2) is 4.98 Å². The van der Waals surface area contributed by atoms with Gasteiger partial charge in [-0.1, -0.05) is 19.9 Å². The van der Waals surface area contributed by atoms with E-state index in [1.807, 2.05) is 0 Å². The Morgan fingerprint density at radius 3 is 2.33 bits per heavy atom. The monoisotopic (exact) mass is 292 g/mol. The maximum atomic E-state index is 4.82. The molecule has 1 aromatic heterocycles. The van der Waals surface area contributed by atoms with E-state index in [9.17, 15) is 0 Å². The Balaban J connectivity index is 2.84. The maximum Gasteiger partial charge on any atom is 0.129 e. The van der Waals surface area contributed by atoms with Crippen LogP contribution in [0.5, 0.6) is 0 Å². The minimum Gasteiger partial charge on any atom is -0.353 e. The molecule has 0 aliphatic heterocycles. The largest absolute Gasteiger partial charge is 0.353 e. The Hall–Kier alpha value is -1.13. The Labute approximate surface area is 130 Å². The standard InChI is InChI=1S/C17H32N4/c1-8-21(14(4)12-20(6)7)17-10-9-16(15(5)19-17)11-18-13(2)3/h9-10,13-14,18H,8,11-12H2,1-7H3. The molecule has 0 aliphatic carbocycles. The SMILES string of the molecule is CCN(c1ccc(CNC(C)C)c(C)n1)C(C)CN(C)C. The summed E-state index contributed by atoms with van der Waals surface area (Å²) in [7, 11) is 4.23. The molecule has 0 amide bonds. The van der Waals surface area contributed by atoms with Crippen LogP contribution < -0.4 is 10.2 Å². The van der Waals surface area contributed by atoms with Crippen molar-refractivity contribution in [2.24, 2.45) is 0 Å². The van der Waals surface area contributed by atoms with E-state index in [1.165, 1.54) is 5.56 Å². The van der Waals surface area contributed by atoms with Gasteiger partial charge in [0.15, 0.2) is 0 Å². The van der Waals surface area contributed by atoms with Crippen LogP contribution in [-0.2, 0) is 6.54 Å². The van der Waals surface area contributed by atoms with Crippen LogP contribution in [0, 0.1) is 6.92 Å². The van der Waals surface area contributed by atoms with Gasteiger partial charge in [0.05, 0.1) is 0 Å². The molecule has 1 aromatic rings. The molecule has 1 rings (SSSR count). The van der Waals surface area contributed by atoms with E-state index in [0.29, 0.717) is 12.1 Å². The highest BCUT2D eigenvalue weighted by Crippen LogP contribution is 2.17. The second-order valence-corrected chi connectivity index (χ2v) is 6.35. The molecule has 0 radical (unpaired) electrons. The van der Waals surface area contributed by atoms with Gasteiger partial charge >= 0.3 is 0 Å². The van der Waals surface area contributed by atoms with Crippen LogP contribution in [0.4, 0.5) is 5.82 Å². The maximum absolute atomic E-state index is 4.82. The van der Waals surface area contributed by atoms with E-state index >= 15 is 0 Å². The summed E-state index contributed by atoms with van der Waals surface area (Å²) in [5, 5.41) is 3.45. The summed E-state index contributed by atoms with van der Waals surface area (Å²) >= 11 is 0. The van der Waals surface area contributed by atoms with Gasteiger partial charge in [-0.15, -0.1) is 0 Å². The lowest BCUT2D eigenvalue weighted by atomic mass is 10.1. The van der Waals surface area contributed by atoms with Crippen molar-refractivity contribution in [2.45, 2.75) is 53.2 Å². The highest BCUT2D eigenvalue weighted by Gasteiger charge is 2.15. The van der Waals surface area contributed by atoms with E-state index in [4.69, 9.17) is 4.98 Å². The first-order valence-electron chi connectivity index (χ1n) is 7.96. The van der Waals surface area contributed by atoms with Crippen molar-refractivity contribution >= 4 is 5.82 Å². The van der Waals surface area contributed by atoms with Crippen LogP contribution >= 0.6 is 0 Å². The predicted octanol–water partition coefficient (Wildman–Crippen LogP) is 2.66. The molecule has 4 nitrogen and oxygen atoms in total. The number of rotatable bonds is 8. The first-order valence-corrected chi connectivity index (χ1v) is 7.96. The summed E-state index contributed by atoms with van der Waals surface area (Å²) in [5.74, 6) is 1.08. The molecule has 0 aromatic carbocycles. The molecule has 0 bridgehead atoms. The van der Waals surface area contributed by atoms with E-state index in [2.05, 4.69) is 76.0 Å². The molecule has 0 fully saturated rings. The molecule has 0 saturated carbocycles. The fraction of sp³-hybridized carbons (Fsp3) is 0.706. The van der Waals surface area contributed by atoms with Crippen LogP contribution in [0.25, 0.3) is 0 Å². The first kappa shape index (κ1) is 17.9. The fourth-order valence-electron chi connectivity index (χ4n) is 2.56. The molecule has 1 atom stereocenters. The highest BCUT2D eigenvalue weighted by atomic mass is 15.2. The number of pyridine rings is 1. The number of nitrogens with one attached hydrogen (secondary N) is 1. The van der Waals surface area contributed by atoms with Gasteiger partial charge < -0.3 is 15.1 Å². The first-order chi connectivity index (χ1) is 9.85. The molecule has 4 heteroatoms. The van der Waals surface area contributed by atoms with Crippen molar-refractivity contribution < 1.29 is 0 Å². The zero-order valence-electron chi connectivity index (χ0n) is 14.8. The summed E-state index contributed by atoms with van der Waals surface area (Å²) in [4.78, 5) is 9.41. The zero-order chi connectivity index (χ0) is 16.0. The number of hydrogen-bond acceptors (Lipinski definition) is 4. The van der Waals surface area contributed by atoms with Gasteiger partial charge in [-0.3, -0.25) is 0 Å². The molecule has 0 spiro atoms. The number of likely N-dealkylation sites (N-methyl/N-ethyl adjacent to an activating group) is 2. The molecule has 21 heavy (non-hydrogen) atoms. The molecule has 120 valence electrons. The lowest BCUT2D eigenvalue weighted by Gasteiger charge is -2.31. The fourth-order valence-corrected chi connectivity index (χ4v) is 2.56. The zero-order valence-corrected chi connectivity index (χ0v) is 14.8. The molecule has 0 saturated heterocycles. The number of hydrogen-bond donors (Lipinski definition) is 1. The molecular weight excluding hydrogens is 260 g/mol. The van der Waals surface area contributed by atoms with E-state index in [1.54, 1.807) is 0 Å². The van der Waals surface area contributed by atoms with Crippen molar-refractivity contribution in [2.75, 3.05) is 32.1 Å². The van der Waals surface area contributed by atoms with Crippen molar-refractivity contribution in [3.8, 4) is 0 Å². The number of aromatic nitrogens is 1. The van der Waals surface area contributed by atoms with Crippen molar-refractivity contribution in [3.05, 3.63) is 23.4 Å². The quantitative estimate of drug-likeness (QED) is 0.798. The van der Waals surface area contributed by atoms with Gasteiger partial charge in [0.25, 0.3) is 0 Å². The molecule has 1 unspecified atom stereocenters. The minimum absolute atomic E-state index is 0.455. The van der Waals surface area contributed by atoms with Crippen molar-refractivity contribution in [3.63, 3.8) is 0 Å². The molecule has 1 heterocycles.